The van der Waals surface area contributed by atoms with E-state index in [-0.39, 0.29) is 0 Å². The fourth-order valence-electron chi connectivity index (χ4n) is 1.50. The first-order chi connectivity index (χ1) is 6.31. The lowest BCUT2D eigenvalue weighted by atomic mass is 10.0. The second kappa shape index (κ2) is 3.04. The van der Waals surface area contributed by atoms with Crippen molar-refractivity contribution in [2.45, 2.75) is 13.0 Å². The minimum atomic E-state index is 0.338. The molecule has 0 fully saturated rings. The maximum Gasteiger partial charge on any atom is 0.141 e. The average Bonchev–Trinajstić information content (AvgIpc) is 2.17. The number of nitriles is 1. The molecule has 0 aromatic carbocycles. The molecule has 4 heteroatoms. The third kappa shape index (κ3) is 1.34. The summed E-state index contributed by atoms with van der Waals surface area (Å²) in [7, 11) is 0. The highest BCUT2D eigenvalue weighted by atomic mass is 14.9. The first kappa shape index (κ1) is 8.02. The van der Waals surface area contributed by atoms with Crippen molar-refractivity contribution in [3.05, 3.63) is 22.9 Å². The lowest BCUT2D eigenvalue weighted by Crippen LogP contribution is -2.25. The minimum absolute atomic E-state index is 0.338. The molecule has 0 spiro atoms. The van der Waals surface area contributed by atoms with Crippen LogP contribution in [0.3, 0.4) is 0 Å². The number of nitrogens with one attached hydrogen (secondary N) is 1. The monoisotopic (exact) mass is 174 g/mol. The van der Waals surface area contributed by atoms with Crippen LogP contribution in [0.4, 0.5) is 5.82 Å². The number of aromatic nitrogens is 1. The van der Waals surface area contributed by atoms with Crippen molar-refractivity contribution in [1.82, 2.24) is 10.3 Å². The van der Waals surface area contributed by atoms with Crippen molar-refractivity contribution in [2.24, 2.45) is 0 Å². The third-order valence-electron chi connectivity index (χ3n) is 2.20. The topological polar surface area (TPSA) is 74.7 Å². The Kier molecular flexibility index (Phi) is 1.87. The van der Waals surface area contributed by atoms with Crippen LogP contribution < -0.4 is 11.1 Å². The van der Waals surface area contributed by atoms with Crippen LogP contribution in [0.1, 0.15) is 16.8 Å². The second-order valence-corrected chi connectivity index (χ2v) is 3.07. The first-order valence-electron chi connectivity index (χ1n) is 4.20. The number of anilines is 1. The molecule has 0 unspecified atom stereocenters. The van der Waals surface area contributed by atoms with Gasteiger partial charge in [-0.25, -0.2) is 4.98 Å². The summed E-state index contributed by atoms with van der Waals surface area (Å²) < 4.78 is 0. The Labute approximate surface area is 76.4 Å². The molecule has 4 nitrogen and oxygen atoms in total. The molecule has 3 N–H and O–H groups in total. The summed E-state index contributed by atoms with van der Waals surface area (Å²) in [6.45, 7) is 1.70. The molecular formula is C9H10N4. The highest BCUT2D eigenvalue weighted by molar-refractivity contribution is 5.51. The van der Waals surface area contributed by atoms with Crippen molar-refractivity contribution in [3.63, 3.8) is 0 Å². The zero-order valence-corrected chi connectivity index (χ0v) is 7.17. The van der Waals surface area contributed by atoms with Gasteiger partial charge in [0.15, 0.2) is 0 Å². The Morgan fingerprint density at radius 1 is 1.62 bits per heavy atom. The normalized spacial score (nSPS) is 14.7. The van der Waals surface area contributed by atoms with Gasteiger partial charge >= 0.3 is 0 Å². The van der Waals surface area contributed by atoms with Gasteiger partial charge in [-0.2, -0.15) is 5.26 Å². The summed E-state index contributed by atoms with van der Waals surface area (Å²) in [4.78, 5) is 4.18. The smallest absolute Gasteiger partial charge is 0.141 e. The van der Waals surface area contributed by atoms with Gasteiger partial charge in [-0.15, -0.1) is 0 Å². The summed E-state index contributed by atoms with van der Waals surface area (Å²) in [5, 5.41) is 11.9. The Bertz CT molecular complexity index is 378. The van der Waals surface area contributed by atoms with Crippen molar-refractivity contribution >= 4 is 5.82 Å². The van der Waals surface area contributed by atoms with E-state index in [0.29, 0.717) is 11.4 Å². The lowest BCUT2D eigenvalue weighted by molar-refractivity contribution is 0.628. The predicted octanol–water partition coefficient (Wildman–Crippen LogP) is 0.181. The average molecular weight is 174 g/mol. The first-order valence-corrected chi connectivity index (χ1v) is 4.20. The van der Waals surface area contributed by atoms with E-state index in [4.69, 9.17) is 11.0 Å². The maximum absolute atomic E-state index is 8.73. The molecule has 2 heterocycles. The van der Waals surface area contributed by atoms with Crippen LogP contribution in [0.2, 0.25) is 0 Å². The number of hydrogen-bond acceptors (Lipinski definition) is 4. The SMILES string of the molecule is N#Cc1cc2c(nc1N)CNCC2. The van der Waals surface area contributed by atoms with Crippen LogP contribution >= 0.6 is 0 Å². The largest absolute Gasteiger partial charge is 0.383 e. The van der Waals surface area contributed by atoms with Crippen LogP contribution in [0.5, 0.6) is 0 Å². The van der Waals surface area contributed by atoms with Gasteiger partial charge in [0.05, 0.1) is 11.3 Å². The summed E-state index contributed by atoms with van der Waals surface area (Å²) in [6, 6.07) is 3.88. The molecule has 0 aliphatic carbocycles. The van der Waals surface area contributed by atoms with Crippen LogP contribution in [-0.2, 0) is 13.0 Å². The summed E-state index contributed by atoms with van der Waals surface area (Å²) >= 11 is 0. The number of nitrogen functional groups attached to an aromatic ring is 1. The number of hydrogen-bond donors (Lipinski definition) is 2. The zero-order chi connectivity index (χ0) is 9.26. The molecule has 13 heavy (non-hydrogen) atoms. The fraction of sp³-hybridized carbons (Fsp3) is 0.333. The van der Waals surface area contributed by atoms with Gasteiger partial charge in [0.25, 0.3) is 0 Å². The van der Waals surface area contributed by atoms with Gasteiger partial charge in [-0.3, -0.25) is 0 Å². The van der Waals surface area contributed by atoms with E-state index >= 15 is 0 Å². The highest BCUT2D eigenvalue weighted by Gasteiger charge is 2.12. The molecule has 1 aliphatic rings. The molecule has 0 saturated heterocycles. The quantitative estimate of drug-likeness (QED) is 0.588. The molecule has 1 aromatic rings. The van der Waals surface area contributed by atoms with E-state index in [9.17, 15) is 0 Å². The van der Waals surface area contributed by atoms with Crippen LogP contribution in [0.15, 0.2) is 6.07 Å². The van der Waals surface area contributed by atoms with E-state index in [1.165, 1.54) is 0 Å². The van der Waals surface area contributed by atoms with E-state index in [2.05, 4.69) is 10.3 Å². The number of pyridine rings is 1. The number of nitrogens with zero attached hydrogens (tertiary/aromatic N) is 2. The van der Waals surface area contributed by atoms with Gasteiger partial charge in [-0.05, 0) is 24.6 Å². The molecule has 0 radical (unpaired) electrons. The van der Waals surface area contributed by atoms with Crippen LogP contribution in [-0.4, -0.2) is 11.5 Å². The summed E-state index contributed by atoms with van der Waals surface area (Å²) in [6.07, 6.45) is 0.928. The third-order valence-corrected chi connectivity index (χ3v) is 2.20. The molecule has 1 aliphatic heterocycles. The van der Waals surface area contributed by atoms with Crippen LogP contribution in [0, 0.1) is 11.3 Å². The van der Waals surface area contributed by atoms with Gasteiger partial charge in [0.1, 0.15) is 11.9 Å². The molecule has 0 saturated carbocycles. The van der Waals surface area contributed by atoms with Gasteiger partial charge < -0.3 is 11.1 Å². The summed E-state index contributed by atoms with van der Waals surface area (Å²) in [5.74, 6) is 0.338. The number of nitrogens with two attached hydrogens (primary N) is 1. The van der Waals surface area contributed by atoms with Crippen LogP contribution in [0.25, 0.3) is 0 Å². The number of fused-ring (bicyclic) bond motifs is 1. The van der Waals surface area contributed by atoms with Crippen molar-refractivity contribution in [3.8, 4) is 6.07 Å². The second-order valence-electron chi connectivity index (χ2n) is 3.07. The Morgan fingerprint density at radius 2 is 2.46 bits per heavy atom. The molecule has 0 bridgehead atoms. The van der Waals surface area contributed by atoms with Gasteiger partial charge in [-0.1, -0.05) is 0 Å². The molecular weight excluding hydrogens is 164 g/mol. The summed E-state index contributed by atoms with van der Waals surface area (Å²) in [5.41, 5.74) is 8.20. The zero-order valence-electron chi connectivity index (χ0n) is 7.17. The van der Waals surface area contributed by atoms with E-state index < -0.39 is 0 Å². The molecule has 1 aromatic heterocycles. The van der Waals surface area contributed by atoms with E-state index in [1.807, 2.05) is 12.1 Å². The van der Waals surface area contributed by atoms with Gasteiger partial charge in [0.2, 0.25) is 0 Å². The predicted molar refractivity (Wildman–Crippen MR) is 48.8 cm³/mol. The highest BCUT2D eigenvalue weighted by Crippen LogP contribution is 2.17. The van der Waals surface area contributed by atoms with Crippen molar-refractivity contribution in [1.29, 1.82) is 5.26 Å². The van der Waals surface area contributed by atoms with Crippen molar-refractivity contribution < 1.29 is 0 Å². The van der Waals surface area contributed by atoms with E-state index in [1.54, 1.807) is 0 Å². The Balaban J connectivity index is 2.52. The van der Waals surface area contributed by atoms with Gasteiger partial charge in [0, 0.05) is 6.54 Å². The van der Waals surface area contributed by atoms with E-state index in [0.717, 1.165) is 30.8 Å². The Morgan fingerprint density at radius 3 is 3.23 bits per heavy atom. The maximum atomic E-state index is 8.73. The Hall–Kier alpha value is -1.60. The molecule has 2 rings (SSSR count). The standard InChI is InChI=1S/C9H10N4/c10-4-7-3-6-1-2-12-5-8(6)13-9(7)11/h3,12H,1-2,5H2,(H2,11,13). The fourth-order valence-corrected chi connectivity index (χ4v) is 1.50. The lowest BCUT2D eigenvalue weighted by Gasteiger charge is -2.16. The molecule has 0 amide bonds. The minimum Gasteiger partial charge on any atom is -0.383 e. The number of rotatable bonds is 0. The molecule has 0 atom stereocenters. The molecule has 66 valence electrons. The van der Waals surface area contributed by atoms with Crippen molar-refractivity contribution in [2.75, 3.05) is 12.3 Å².